The highest BCUT2D eigenvalue weighted by Crippen LogP contribution is 2.43. The van der Waals surface area contributed by atoms with Gasteiger partial charge < -0.3 is 17.7 Å². The van der Waals surface area contributed by atoms with E-state index in [0.29, 0.717) is 34.1 Å². The first-order chi connectivity index (χ1) is 53.7. The Morgan fingerprint density at radius 2 is 0.609 bits per heavy atom. The monoisotopic (exact) mass is 1470 g/mol. The summed E-state index contributed by atoms with van der Waals surface area (Å²) >= 11 is 0. The van der Waals surface area contributed by atoms with Gasteiger partial charge in [-0.2, -0.15) is 0 Å². The topological polar surface area (TPSA) is 120 Å². The Kier molecular flexibility index (Phi) is 19.1. The maximum atomic E-state index is 8.87. The van der Waals surface area contributed by atoms with Crippen molar-refractivity contribution in [2.24, 2.45) is 49.9 Å². The van der Waals surface area contributed by atoms with Crippen LogP contribution in [0.1, 0.15) is 168 Å². The molecule has 0 N–H and O–H groups in total. The lowest BCUT2D eigenvalue weighted by molar-refractivity contribution is -0.661. The molecule has 12 heterocycles. The Bertz CT molecular complexity index is 6320. The highest BCUT2D eigenvalue weighted by atomic mass is 16.4. The zero-order valence-corrected chi connectivity index (χ0v) is 69.3. The van der Waals surface area contributed by atoms with Gasteiger partial charge in [-0.05, 0) is 209 Å². The zero-order valence-electron chi connectivity index (χ0n) is 74.3. The predicted molar refractivity (Wildman–Crippen MR) is 453 cm³/mol. The molecule has 0 saturated carbocycles. The van der Waals surface area contributed by atoms with E-state index >= 15 is 0 Å². The number of benzene rings is 4. The predicted octanol–water partition coefficient (Wildman–Crippen LogP) is 23.3. The van der Waals surface area contributed by atoms with Crippen molar-refractivity contribution in [1.82, 2.24) is 19.9 Å². The Balaban J connectivity index is 0.000000134. The lowest BCUT2D eigenvalue weighted by Gasteiger charge is -2.19. The molecule has 12 heteroatoms. The molecule has 0 spiro atoms. The number of rotatable bonds is 8. The number of hydrogen-bond donors (Lipinski definition) is 0. The van der Waals surface area contributed by atoms with E-state index in [1.54, 1.807) is 50.8 Å². The van der Waals surface area contributed by atoms with Gasteiger partial charge in [0.2, 0.25) is 45.6 Å². The van der Waals surface area contributed by atoms with E-state index in [0.717, 1.165) is 118 Å². The number of fused-ring (bicyclic) bond motifs is 12. The fourth-order valence-electron chi connectivity index (χ4n) is 15.5. The van der Waals surface area contributed by atoms with Crippen molar-refractivity contribution in [3.63, 3.8) is 0 Å². The van der Waals surface area contributed by atoms with Gasteiger partial charge in [-0.3, -0.25) is 0 Å². The molecule has 0 saturated heterocycles. The molecule has 0 amide bonds. The lowest BCUT2D eigenvalue weighted by Crippen LogP contribution is -2.32. The molecule has 0 bridgehead atoms. The van der Waals surface area contributed by atoms with E-state index in [4.69, 9.17) is 24.5 Å². The highest BCUT2D eigenvalue weighted by molar-refractivity contribution is 6.12. The van der Waals surface area contributed by atoms with E-state index in [1.165, 1.54) is 73.3 Å². The lowest BCUT2D eigenvalue weighted by atomic mass is 9.86. The van der Waals surface area contributed by atoms with Crippen LogP contribution in [0.3, 0.4) is 0 Å². The molecule has 16 aromatic rings. The van der Waals surface area contributed by atoms with Crippen molar-refractivity contribution in [1.29, 1.82) is 0 Å². The van der Waals surface area contributed by atoms with Gasteiger partial charge in [-0.1, -0.05) is 132 Å². The average Bonchev–Trinajstić information content (AvgIpc) is 1.74. The van der Waals surface area contributed by atoms with Crippen molar-refractivity contribution >= 4 is 88.3 Å². The summed E-state index contributed by atoms with van der Waals surface area (Å²) in [5.41, 5.74) is 29.2. The molecule has 110 heavy (non-hydrogen) atoms. The van der Waals surface area contributed by atoms with E-state index < -0.39 is 18.6 Å². The summed E-state index contributed by atoms with van der Waals surface area (Å²) in [6, 6.07) is 41.7. The third-order valence-corrected chi connectivity index (χ3v) is 20.7. The number of aromatic nitrogens is 8. The maximum Gasteiger partial charge on any atom is 0.227 e. The molecule has 4 aromatic carbocycles. The minimum Gasteiger partial charge on any atom is -0.437 e. The average molecular weight is 1470 g/mol. The minimum atomic E-state index is -2.45. The SMILES string of the molecule is Cc1cc(-c2c(C)ccc3c2oc2ncccc23)[n+](C)cc1CC(C)(C)C.Cc1cc(-c2c(C)ccc3c2oc2ncccc23)[n+](C)cc1CC(C)(C)C.Cc1ccc2c(n1)oc1c(-c3cc(C)c(CC(C)(C)C)c[n+]3C)c(C)ccc12.[2H]C([2H])([2H])c1c[n+](C)c(-c2c(C)ccc3c2oc2nc(C)ccc23)cc1C([2H])([2H])C(C)(C)C. The van der Waals surface area contributed by atoms with Gasteiger partial charge in [0.1, 0.15) is 28.2 Å². The fourth-order valence-corrected chi connectivity index (χ4v) is 15.5. The van der Waals surface area contributed by atoms with Crippen LogP contribution in [0, 0.1) is 90.8 Å². The Morgan fingerprint density at radius 3 is 0.918 bits per heavy atom. The fraction of sp³-hybridized carbons (Fsp3) is 0.347. The van der Waals surface area contributed by atoms with Crippen LogP contribution in [0.2, 0.25) is 0 Å². The van der Waals surface area contributed by atoms with Gasteiger partial charge >= 0.3 is 0 Å². The molecule has 16 rings (SSSR count). The quantitative estimate of drug-likeness (QED) is 0.138. The summed E-state index contributed by atoms with van der Waals surface area (Å²) in [5, 5.41) is 8.40. The number of pyridine rings is 8. The molecule has 0 aliphatic rings. The van der Waals surface area contributed by atoms with Crippen LogP contribution in [0.15, 0.2) is 176 Å². The Hall–Kier alpha value is -10.7. The number of hydrogen-bond acceptors (Lipinski definition) is 8. The highest BCUT2D eigenvalue weighted by Gasteiger charge is 2.30. The number of furan rings is 4. The van der Waals surface area contributed by atoms with Crippen LogP contribution in [0.25, 0.3) is 133 Å². The minimum absolute atomic E-state index is 0.0143. The third kappa shape index (κ3) is 16.0. The first-order valence-electron chi connectivity index (χ1n) is 40.9. The van der Waals surface area contributed by atoms with Gasteiger partial charge in [-0.15, -0.1) is 0 Å². The van der Waals surface area contributed by atoms with Gasteiger partial charge in [0, 0.05) is 120 Å². The number of aryl methyl sites for hydroxylation is 14. The van der Waals surface area contributed by atoms with Gasteiger partial charge in [-0.25, -0.2) is 38.2 Å². The van der Waals surface area contributed by atoms with Gasteiger partial charge in [0.15, 0.2) is 47.1 Å². The smallest absolute Gasteiger partial charge is 0.227 e. The van der Waals surface area contributed by atoms with Gasteiger partial charge in [0.05, 0.1) is 22.3 Å². The van der Waals surface area contributed by atoms with Crippen molar-refractivity contribution in [3.8, 4) is 45.0 Å². The number of nitrogens with zero attached hydrogens (tertiary/aromatic N) is 8. The second-order valence-electron chi connectivity index (χ2n) is 35.4. The first kappa shape index (κ1) is 70.9. The Labute approximate surface area is 657 Å². The first-order valence-corrected chi connectivity index (χ1v) is 38.4. The van der Waals surface area contributed by atoms with Crippen LogP contribution in [-0.4, -0.2) is 19.9 Å². The summed E-state index contributed by atoms with van der Waals surface area (Å²) < 4.78 is 75.3. The second-order valence-corrected chi connectivity index (χ2v) is 35.4. The summed E-state index contributed by atoms with van der Waals surface area (Å²) in [6.07, 6.45) is 13.2. The van der Waals surface area contributed by atoms with Crippen molar-refractivity contribution in [2.75, 3.05) is 0 Å². The van der Waals surface area contributed by atoms with Crippen molar-refractivity contribution < 1.29 is 42.8 Å². The normalized spacial score (nSPS) is 13.2. The zero-order chi connectivity index (χ0) is 83.4. The molecule has 0 aliphatic carbocycles. The van der Waals surface area contributed by atoms with E-state index in [2.05, 4.69) is 250 Å². The third-order valence-electron chi connectivity index (χ3n) is 20.7. The Morgan fingerprint density at radius 1 is 0.318 bits per heavy atom. The molecule has 12 aromatic heterocycles. The standard InChI is InChI=1S/2C25H29N2O.2C24H27N2O/c1-15-8-10-19-20-11-9-17(3)26-24(20)28-23(19)22(15)21-12-18(13-25(4,5)6)16(2)14-27(21)7;1-15-8-10-19-20-11-9-17(3)26-24(20)28-23(19)22(15)21-12-16(2)18(14-27(21)7)13-25(4,5)6;2*1-15-9-10-18-19-8-7-11-25-23(19)27-22(18)21(15)20-12-16(2)17(14-26(20)6)13-24(3,4)5/h2*8-12,14H,13H2,1-7H3;2*7-12,14H,13H2,1-6H3/q4*+1/i2D3,13D2;;;. The molecule has 564 valence electrons. The van der Waals surface area contributed by atoms with Crippen LogP contribution >= 0.6 is 0 Å². The van der Waals surface area contributed by atoms with Crippen molar-refractivity contribution in [2.45, 2.75) is 178 Å². The van der Waals surface area contributed by atoms with Gasteiger partial charge in [0.25, 0.3) is 0 Å². The summed E-state index contributed by atoms with van der Waals surface area (Å²) in [6.45, 7) is 42.4. The van der Waals surface area contributed by atoms with Crippen LogP contribution in [0.5, 0.6) is 0 Å². The molecule has 0 aliphatic heterocycles. The molecular formula is C98H112N8O4+4. The maximum absolute atomic E-state index is 8.87. The molecule has 0 radical (unpaired) electrons. The second kappa shape index (κ2) is 29.6. The molecule has 0 unspecified atom stereocenters. The summed E-state index contributed by atoms with van der Waals surface area (Å²) in [5.74, 6) is 0. The molecular weight excluding hydrogens is 1350 g/mol. The van der Waals surface area contributed by atoms with Crippen LogP contribution in [-0.2, 0) is 53.8 Å². The van der Waals surface area contributed by atoms with Crippen LogP contribution < -0.4 is 18.3 Å². The van der Waals surface area contributed by atoms with Crippen LogP contribution in [0.4, 0.5) is 0 Å². The van der Waals surface area contributed by atoms with Crippen molar-refractivity contribution in [3.05, 3.63) is 237 Å². The largest absolute Gasteiger partial charge is 0.437 e. The summed E-state index contributed by atoms with van der Waals surface area (Å²) in [7, 11) is 8.16. The summed E-state index contributed by atoms with van der Waals surface area (Å²) in [4.78, 5) is 17.9. The van der Waals surface area contributed by atoms with E-state index in [1.807, 2.05) is 63.2 Å². The molecule has 0 atom stereocenters. The molecule has 12 nitrogen and oxygen atoms in total. The van der Waals surface area contributed by atoms with E-state index in [-0.39, 0.29) is 27.4 Å². The van der Waals surface area contributed by atoms with E-state index in [9.17, 15) is 0 Å². The molecule has 0 fully saturated rings.